The van der Waals surface area contributed by atoms with Crippen LogP contribution < -0.4 is 16.2 Å². The van der Waals surface area contributed by atoms with Crippen LogP contribution in [-0.4, -0.2) is 16.0 Å². The number of rotatable bonds is 3. The van der Waals surface area contributed by atoms with Crippen LogP contribution in [0.4, 0.5) is 5.69 Å². The summed E-state index contributed by atoms with van der Waals surface area (Å²) in [6, 6.07) is 6.06. The Labute approximate surface area is 139 Å². The lowest BCUT2D eigenvalue weighted by Gasteiger charge is -2.12. The Morgan fingerprint density at radius 3 is 2.45 bits per heavy atom. The van der Waals surface area contributed by atoms with E-state index in [0.29, 0.717) is 5.11 Å². The number of thiocarbonyl (C=S) groups is 1. The highest BCUT2D eigenvalue weighted by Gasteiger charge is 2.07. The highest BCUT2D eigenvalue weighted by atomic mass is 32.1. The predicted molar refractivity (Wildman–Crippen MR) is 94.0 cm³/mol. The maximum atomic E-state index is 11.8. The quantitative estimate of drug-likeness (QED) is 0.595. The van der Waals surface area contributed by atoms with Gasteiger partial charge in [0.15, 0.2) is 5.11 Å². The SMILES string of the molecule is Cc1cc(C)cc(NC(=S)NNC(=O)Cc2csc(C)n2)c1. The fourth-order valence-electron chi connectivity index (χ4n) is 2.03. The second kappa shape index (κ2) is 7.33. The molecule has 1 heterocycles. The summed E-state index contributed by atoms with van der Waals surface area (Å²) in [5, 5.41) is 6.20. The molecule has 1 aromatic heterocycles. The molecule has 2 aromatic rings. The van der Waals surface area contributed by atoms with Gasteiger partial charge in [0, 0.05) is 11.1 Å². The van der Waals surface area contributed by atoms with Crippen molar-refractivity contribution in [3.63, 3.8) is 0 Å². The molecule has 0 fully saturated rings. The molecular formula is C15H18N4OS2. The molecule has 22 heavy (non-hydrogen) atoms. The Morgan fingerprint density at radius 1 is 1.18 bits per heavy atom. The topological polar surface area (TPSA) is 66.0 Å². The maximum Gasteiger partial charge on any atom is 0.244 e. The molecule has 5 nitrogen and oxygen atoms in total. The number of aryl methyl sites for hydroxylation is 3. The highest BCUT2D eigenvalue weighted by molar-refractivity contribution is 7.80. The van der Waals surface area contributed by atoms with Crippen LogP contribution in [-0.2, 0) is 11.2 Å². The minimum absolute atomic E-state index is 0.185. The number of hydrazine groups is 1. The fourth-order valence-corrected chi connectivity index (χ4v) is 2.82. The van der Waals surface area contributed by atoms with Crippen molar-refractivity contribution >= 4 is 40.3 Å². The number of nitrogens with one attached hydrogen (secondary N) is 3. The van der Waals surface area contributed by atoms with E-state index in [1.54, 1.807) is 0 Å². The van der Waals surface area contributed by atoms with Crippen LogP contribution in [0.2, 0.25) is 0 Å². The molecule has 0 saturated heterocycles. The van der Waals surface area contributed by atoms with Crippen molar-refractivity contribution in [1.82, 2.24) is 15.8 Å². The Kier molecular flexibility index (Phi) is 5.46. The zero-order chi connectivity index (χ0) is 16.1. The standard InChI is InChI=1S/C15H18N4OS2/c1-9-4-10(2)6-12(5-9)17-15(21)19-18-14(20)7-13-8-22-11(3)16-13/h4-6,8H,7H2,1-3H3,(H,18,20)(H2,17,19,21). The summed E-state index contributed by atoms with van der Waals surface area (Å²) in [6.45, 7) is 5.95. The minimum atomic E-state index is -0.185. The van der Waals surface area contributed by atoms with Gasteiger partial charge < -0.3 is 5.32 Å². The summed E-state index contributed by atoms with van der Waals surface area (Å²) in [7, 11) is 0. The summed E-state index contributed by atoms with van der Waals surface area (Å²) in [6.07, 6.45) is 0.226. The number of carbonyl (C=O) groups excluding carboxylic acids is 1. The molecule has 0 aliphatic rings. The predicted octanol–water partition coefficient (Wildman–Crippen LogP) is 2.63. The zero-order valence-electron chi connectivity index (χ0n) is 12.7. The lowest BCUT2D eigenvalue weighted by molar-refractivity contribution is -0.121. The molecule has 1 amide bonds. The van der Waals surface area contributed by atoms with Gasteiger partial charge in [-0.1, -0.05) is 6.07 Å². The van der Waals surface area contributed by atoms with Gasteiger partial charge in [-0.25, -0.2) is 4.98 Å². The molecule has 0 aliphatic carbocycles. The highest BCUT2D eigenvalue weighted by Crippen LogP contribution is 2.13. The van der Waals surface area contributed by atoms with Gasteiger partial charge in [0.2, 0.25) is 5.91 Å². The third-order valence-electron chi connectivity index (χ3n) is 2.80. The van der Waals surface area contributed by atoms with Crippen LogP contribution in [0, 0.1) is 20.8 Å². The van der Waals surface area contributed by atoms with Crippen LogP contribution in [0.3, 0.4) is 0 Å². The van der Waals surface area contributed by atoms with Crippen molar-refractivity contribution in [2.45, 2.75) is 27.2 Å². The largest absolute Gasteiger partial charge is 0.331 e. The Morgan fingerprint density at radius 2 is 1.86 bits per heavy atom. The molecular weight excluding hydrogens is 316 g/mol. The number of carbonyl (C=O) groups is 1. The molecule has 116 valence electrons. The number of aromatic nitrogens is 1. The first-order valence-corrected chi connectivity index (χ1v) is 8.06. The van der Waals surface area contributed by atoms with E-state index in [4.69, 9.17) is 12.2 Å². The van der Waals surface area contributed by atoms with Crippen molar-refractivity contribution in [1.29, 1.82) is 0 Å². The van der Waals surface area contributed by atoms with Crippen LogP contribution >= 0.6 is 23.6 Å². The average Bonchev–Trinajstić information content (AvgIpc) is 2.80. The number of hydrogen-bond acceptors (Lipinski definition) is 4. The molecule has 7 heteroatoms. The van der Waals surface area contributed by atoms with E-state index in [9.17, 15) is 4.79 Å². The van der Waals surface area contributed by atoms with E-state index in [1.165, 1.54) is 11.3 Å². The lowest BCUT2D eigenvalue weighted by atomic mass is 10.1. The maximum absolute atomic E-state index is 11.8. The first-order valence-electron chi connectivity index (χ1n) is 6.77. The second-order valence-electron chi connectivity index (χ2n) is 5.04. The number of benzene rings is 1. The van der Waals surface area contributed by atoms with Crippen molar-refractivity contribution < 1.29 is 4.79 Å². The summed E-state index contributed by atoms with van der Waals surface area (Å²) >= 11 is 6.68. The number of anilines is 1. The molecule has 0 bridgehead atoms. The third-order valence-corrected chi connectivity index (χ3v) is 3.83. The molecule has 3 N–H and O–H groups in total. The van der Waals surface area contributed by atoms with Gasteiger partial charge in [-0.2, -0.15) is 0 Å². The number of hydrogen-bond donors (Lipinski definition) is 3. The van der Waals surface area contributed by atoms with Gasteiger partial charge in [-0.15, -0.1) is 11.3 Å². The molecule has 2 rings (SSSR count). The van der Waals surface area contributed by atoms with Gasteiger partial charge in [0.05, 0.1) is 17.1 Å². The first-order chi connectivity index (χ1) is 10.4. The van der Waals surface area contributed by atoms with E-state index in [-0.39, 0.29) is 12.3 Å². The van der Waals surface area contributed by atoms with Crippen molar-refractivity contribution in [2.75, 3.05) is 5.32 Å². The van der Waals surface area contributed by atoms with Crippen LogP contribution in [0.5, 0.6) is 0 Å². The minimum Gasteiger partial charge on any atom is -0.331 e. The average molecular weight is 334 g/mol. The van der Waals surface area contributed by atoms with Crippen LogP contribution in [0.1, 0.15) is 21.8 Å². The molecule has 0 aliphatic heterocycles. The van der Waals surface area contributed by atoms with E-state index in [1.807, 2.05) is 38.3 Å². The van der Waals surface area contributed by atoms with E-state index in [0.717, 1.165) is 27.5 Å². The Balaban J connectivity index is 1.81. The molecule has 1 aromatic carbocycles. The molecule has 0 radical (unpaired) electrons. The van der Waals surface area contributed by atoms with Gasteiger partial charge in [0.1, 0.15) is 0 Å². The number of thiazole rings is 1. The van der Waals surface area contributed by atoms with Gasteiger partial charge in [0.25, 0.3) is 0 Å². The number of amides is 1. The summed E-state index contributed by atoms with van der Waals surface area (Å²) in [5.74, 6) is -0.185. The molecule has 0 saturated carbocycles. The summed E-state index contributed by atoms with van der Waals surface area (Å²) in [4.78, 5) is 16.0. The van der Waals surface area contributed by atoms with Crippen LogP contribution in [0.25, 0.3) is 0 Å². The van der Waals surface area contributed by atoms with Crippen LogP contribution in [0.15, 0.2) is 23.6 Å². The normalized spacial score (nSPS) is 10.1. The van der Waals surface area contributed by atoms with Gasteiger partial charge in [-0.05, 0) is 56.2 Å². The molecule has 0 spiro atoms. The number of nitrogens with zero attached hydrogens (tertiary/aromatic N) is 1. The Bertz CT molecular complexity index is 676. The van der Waals surface area contributed by atoms with Gasteiger partial charge >= 0.3 is 0 Å². The smallest absolute Gasteiger partial charge is 0.244 e. The summed E-state index contributed by atoms with van der Waals surface area (Å²) in [5.41, 5.74) is 9.20. The molecule has 0 atom stereocenters. The fraction of sp³-hybridized carbons (Fsp3) is 0.267. The monoisotopic (exact) mass is 334 g/mol. The summed E-state index contributed by atoms with van der Waals surface area (Å²) < 4.78 is 0. The van der Waals surface area contributed by atoms with E-state index >= 15 is 0 Å². The molecule has 0 unspecified atom stereocenters. The lowest BCUT2D eigenvalue weighted by Crippen LogP contribution is -2.44. The third kappa shape index (κ3) is 5.09. The van der Waals surface area contributed by atoms with E-state index < -0.39 is 0 Å². The van der Waals surface area contributed by atoms with Crippen molar-refractivity contribution in [3.8, 4) is 0 Å². The Hall–Kier alpha value is -1.99. The zero-order valence-corrected chi connectivity index (χ0v) is 14.3. The van der Waals surface area contributed by atoms with Crippen molar-refractivity contribution in [2.24, 2.45) is 0 Å². The van der Waals surface area contributed by atoms with Crippen molar-refractivity contribution in [3.05, 3.63) is 45.4 Å². The first kappa shape index (κ1) is 16.4. The van der Waals surface area contributed by atoms with Gasteiger partial charge in [-0.3, -0.25) is 15.6 Å². The second-order valence-corrected chi connectivity index (χ2v) is 6.51. The van der Waals surface area contributed by atoms with E-state index in [2.05, 4.69) is 27.2 Å².